The average molecular weight is 1460 g/mol. The lowest BCUT2D eigenvalue weighted by atomic mass is 9.90. The number of guanidine groups is 1. The van der Waals surface area contributed by atoms with Gasteiger partial charge in [0.05, 0.1) is 25.6 Å². The van der Waals surface area contributed by atoms with Crippen LogP contribution in [0.4, 0.5) is 10.5 Å². The topological polar surface area (TPSA) is 411 Å². The number of nitrogens with one attached hydrogen (secondary N) is 9. The lowest BCUT2D eigenvalue weighted by Gasteiger charge is -2.35. The molecule has 1 aliphatic rings. The summed E-state index contributed by atoms with van der Waals surface area (Å²) in [5.41, 5.74) is 9.80. The van der Waals surface area contributed by atoms with Crippen molar-refractivity contribution in [3.63, 3.8) is 0 Å². The molecular weight excluding hydrogens is 1370 g/mol. The fourth-order valence-electron chi connectivity index (χ4n) is 10.6. The molecule has 29 nitrogen and oxygen atoms in total. The number of benzene rings is 4. The molecular formula is C67H94IN15O14. The van der Waals surface area contributed by atoms with Crippen LogP contribution in [-0.2, 0) is 56.1 Å². The van der Waals surface area contributed by atoms with Crippen molar-refractivity contribution < 1.29 is 68.4 Å². The third-order valence-electron chi connectivity index (χ3n) is 15.8. The summed E-state index contributed by atoms with van der Waals surface area (Å²) in [4.78, 5) is 138. The third kappa shape index (κ3) is 31.7. The van der Waals surface area contributed by atoms with Crippen LogP contribution in [0.25, 0.3) is 0 Å². The Balaban J connectivity index is 1.20. The highest BCUT2D eigenvalue weighted by molar-refractivity contribution is 14.1. The van der Waals surface area contributed by atoms with Crippen molar-refractivity contribution in [2.45, 2.75) is 95.4 Å². The van der Waals surface area contributed by atoms with Crippen LogP contribution in [0.2, 0.25) is 0 Å². The number of aliphatic carboxylic acids is 3. The molecule has 0 bridgehead atoms. The summed E-state index contributed by atoms with van der Waals surface area (Å²) < 4.78 is 1.09. The Bertz CT molecular complexity index is 3140. The summed E-state index contributed by atoms with van der Waals surface area (Å²) in [5, 5.41) is 65.1. The first-order valence-corrected chi connectivity index (χ1v) is 33.7. The van der Waals surface area contributed by atoms with Crippen LogP contribution in [0, 0.1) is 3.57 Å². The molecule has 97 heavy (non-hydrogen) atoms. The number of carbonyl (C=O) groups is 10. The van der Waals surface area contributed by atoms with Crippen LogP contribution in [0.3, 0.4) is 0 Å². The number of phenols is 1. The maximum Gasteiger partial charge on any atom is 0.344 e. The zero-order valence-electron chi connectivity index (χ0n) is 54.9. The highest BCUT2D eigenvalue weighted by Gasteiger charge is 2.29. The minimum atomic E-state index is -1.08. The molecule has 4 aromatic rings. The van der Waals surface area contributed by atoms with Crippen LogP contribution in [0.5, 0.6) is 5.75 Å². The van der Waals surface area contributed by atoms with Gasteiger partial charge in [-0.3, -0.25) is 63.3 Å². The number of aliphatic imine (C=N–C) groups is 1. The van der Waals surface area contributed by atoms with Gasteiger partial charge in [0, 0.05) is 114 Å². The smallest absolute Gasteiger partial charge is 0.344 e. The predicted molar refractivity (Wildman–Crippen MR) is 373 cm³/mol. The summed E-state index contributed by atoms with van der Waals surface area (Å²) in [6, 6.07) is 28.1. The first-order chi connectivity index (χ1) is 46.7. The predicted octanol–water partition coefficient (Wildman–Crippen LogP) is 1.65. The van der Waals surface area contributed by atoms with Gasteiger partial charge in [-0.15, -0.1) is 0 Å². The number of phenolic OH excluding ortho intramolecular Hbond substituents is 1. The molecule has 0 aliphatic carbocycles. The number of carbonyl (C=O) groups excluding carboxylic acids is 7. The normalized spacial score (nSPS) is 14.9. The fraction of sp³-hybridized carbons (Fsp3) is 0.478. The van der Waals surface area contributed by atoms with Gasteiger partial charge in [-0.1, -0.05) is 73.7 Å². The second-order valence-corrected chi connectivity index (χ2v) is 24.6. The summed E-state index contributed by atoms with van der Waals surface area (Å²) >= 11 is 2.23. The van der Waals surface area contributed by atoms with E-state index in [0.29, 0.717) is 62.5 Å². The van der Waals surface area contributed by atoms with E-state index in [0.717, 1.165) is 20.4 Å². The number of rotatable bonds is 39. The van der Waals surface area contributed by atoms with E-state index in [1.165, 1.54) is 12.1 Å². The van der Waals surface area contributed by atoms with E-state index in [2.05, 4.69) is 75.4 Å². The minimum Gasteiger partial charge on any atom is -0.508 e. The maximum atomic E-state index is 14.5. The van der Waals surface area contributed by atoms with Crippen molar-refractivity contribution >= 4 is 94.0 Å². The summed E-state index contributed by atoms with van der Waals surface area (Å²) in [5.74, 6) is -5.92. The van der Waals surface area contributed by atoms with Gasteiger partial charge in [-0.25, -0.2) is 4.79 Å². The number of hydrogen-bond acceptors (Lipinski definition) is 17. The number of urea groups is 1. The van der Waals surface area contributed by atoms with Crippen molar-refractivity contribution in [2.75, 3.05) is 117 Å². The SMILES string of the molecule is CCC(=O)NCCNC(=O)/N=C(/N)NCCC[C@@H](NC(=O)[C@H](c1ccccc1)c1ccc(NCCCNC(=O)[C@@H](CCCNC(C=O)N2CCN(CC(=O)O)CCN(CC(=O)O)CCN(CC(=O)O)CC2)NC(=O)CCCc2ccc(I)cc2)cc1)C(=O)NCc1ccc(O)cc1. The first-order valence-electron chi connectivity index (χ1n) is 32.6. The Morgan fingerprint density at radius 1 is 0.557 bits per heavy atom. The Morgan fingerprint density at radius 2 is 1.09 bits per heavy atom. The standard InChI is InChI=1S/C67H94IN15O14/c1-2-57(86)72-32-33-75-67(97)79-66(69)74-29-8-14-55(64(95)76-42-48-18-26-53(85)27-19-48)78-65(96)62(49-11-4-3-5-12-49)50-20-24-52(25-21-50)70-30-9-31-73-63(94)54(77-58(87)15-6-10-47-16-22-51(68)23-17-47)13-7-28-71-56(46-84)83-40-38-81(44-60(90)91)36-34-80(43-59(88)89)35-37-82(39-41-83)45-61(92)93/h3-5,11-12,16-27,46,54-56,62,70-71,85H,2,6-10,13-15,28-45H2,1H3,(H,72,86)(H,73,94)(H,76,95)(H,77,87)(H,78,96)(H,88,89)(H,90,91)(H,92,93)(H4,69,74,75,79,97)/t54-,55-,56?,62-/m1/s1. The lowest BCUT2D eigenvalue weighted by Crippen LogP contribution is -2.54. The van der Waals surface area contributed by atoms with Crippen LogP contribution in [0.15, 0.2) is 108 Å². The van der Waals surface area contributed by atoms with Gasteiger partial charge in [-0.2, -0.15) is 4.99 Å². The van der Waals surface area contributed by atoms with Crippen molar-refractivity contribution in [3.8, 4) is 5.75 Å². The Morgan fingerprint density at radius 3 is 1.68 bits per heavy atom. The summed E-state index contributed by atoms with van der Waals surface area (Å²) in [6.07, 6.45) is 3.03. The van der Waals surface area contributed by atoms with Crippen LogP contribution in [0.1, 0.15) is 86.5 Å². The quantitative estimate of drug-likeness (QED) is 0.00993. The molecule has 1 aliphatic heterocycles. The van der Waals surface area contributed by atoms with E-state index < -0.39 is 65.8 Å². The molecule has 30 heteroatoms. The molecule has 0 saturated carbocycles. The molecule has 4 aromatic carbocycles. The Labute approximate surface area is 579 Å². The van der Waals surface area contributed by atoms with Gasteiger partial charge in [0.1, 0.15) is 24.0 Å². The summed E-state index contributed by atoms with van der Waals surface area (Å²) in [6.45, 7) is 4.05. The first kappa shape index (κ1) is 78.9. The number of carboxylic acids is 3. The van der Waals surface area contributed by atoms with Gasteiger partial charge >= 0.3 is 23.9 Å². The van der Waals surface area contributed by atoms with E-state index in [-0.39, 0.29) is 154 Å². The molecule has 0 spiro atoms. The number of aromatic hydroxyl groups is 1. The fourth-order valence-corrected chi connectivity index (χ4v) is 10.9. The highest BCUT2D eigenvalue weighted by Crippen LogP contribution is 2.27. The van der Waals surface area contributed by atoms with Gasteiger partial charge in [0.25, 0.3) is 0 Å². The lowest BCUT2D eigenvalue weighted by molar-refractivity contribution is -0.140. The molecule has 1 saturated heterocycles. The average Bonchev–Trinajstić information content (AvgIpc) is 0.825. The minimum absolute atomic E-state index is 0.0676. The number of anilines is 1. The Kier molecular flexibility index (Phi) is 35.9. The van der Waals surface area contributed by atoms with Gasteiger partial charge < -0.3 is 73.5 Å². The number of amides is 7. The van der Waals surface area contributed by atoms with E-state index in [1.807, 2.05) is 78.9 Å². The maximum absolute atomic E-state index is 14.5. The van der Waals surface area contributed by atoms with Crippen molar-refractivity contribution in [1.29, 1.82) is 0 Å². The Hall–Kier alpha value is -8.82. The zero-order chi connectivity index (χ0) is 70.3. The number of carboxylic acid groups (broad SMARTS) is 3. The van der Waals surface area contributed by atoms with E-state index in [9.17, 15) is 68.4 Å². The van der Waals surface area contributed by atoms with Gasteiger partial charge in [-0.05, 0) is 133 Å². The second-order valence-electron chi connectivity index (χ2n) is 23.3. The molecule has 15 N–H and O–H groups in total. The van der Waals surface area contributed by atoms with Crippen molar-refractivity contribution in [3.05, 3.63) is 129 Å². The van der Waals surface area contributed by atoms with Gasteiger partial charge in [0.2, 0.25) is 29.5 Å². The molecule has 528 valence electrons. The number of aryl methyl sites for hydroxylation is 1. The third-order valence-corrected chi connectivity index (χ3v) is 16.5. The summed E-state index contributed by atoms with van der Waals surface area (Å²) in [7, 11) is 0. The van der Waals surface area contributed by atoms with E-state index in [1.54, 1.807) is 38.7 Å². The van der Waals surface area contributed by atoms with Crippen molar-refractivity contribution in [1.82, 2.24) is 62.1 Å². The number of hydrogen-bond donors (Lipinski definition) is 14. The molecule has 1 heterocycles. The molecule has 0 radical (unpaired) electrons. The molecule has 4 atom stereocenters. The number of halogens is 1. The second kappa shape index (κ2) is 44.1. The molecule has 7 amide bonds. The number of nitrogens with zero attached hydrogens (tertiary/aromatic N) is 5. The zero-order valence-corrected chi connectivity index (χ0v) is 57.0. The van der Waals surface area contributed by atoms with Gasteiger partial charge in [0.15, 0.2) is 12.2 Å². The van der Waals surface area contributed by atoms with Crippen LogP contribution < -0.4 is 53.6 Å². The highest BCUT2D eigenvalue weighted by atomic mass is 127. The monoisotopic (exact) mass is 1460 g/mol. The number of nitrogens with two attached hydrogens (primary N) is 1. The van der Waals surface area contributed by atoms with Crippen LogP contribution >= 0.6 is 22.6 Å². The van der Waals surface area contributed by atoms with E-state index >= 15 is 0 Å². The largest absolute Gasteiger partial charge is 0.508 e. The van der Waals surface area contributed by atoms with Crippen molar-refractivity contribution in [2.24, 2.45) is 10.7 Å². The molecule has 1 fully saturated rings. The molecule has 1 unspecified atom stereocenters. The molecule has 0 aromatic heterocycles. The molecule has 5 rings (SSSR count). The number of aldehydes is 1. The van der Waals surface area contributed by atoms with E-state index in [4.69, 9.17) is 5.73 Å². The van der Waals surface area contributed by atoms with Crippen LogP contribution in [-0.4, -0.2) is 235 Å².